The average Bonchev–Trinajstić information content (AvgIpc) is 2.44. The van der Waals surface area contributed by atoms with Gasteiger partial charge in [0.05, 0.1) is 12.5 Å². The molecule has 3 atom stereocenters. The number of esters is 1. The Hall–Kier alpha value is -1.79. The van der Waals surface area contributed by atoms with Crippen LogP contribution in [0.3, 0.4) is 0 Å². The van der Waals surface area contributed by atoms with Crippen LogP contribution < -0.4 is 5.32 Å². The van der Waals surface area contributed by atoms with Crippen molar-refractivity contribution in [1.29, 1.82) is 0 Å². The van der Waals surface area contributed by atoms with Gasteiger partial charge in [-0.05, 0) is 32.6 Å². The van der Waals surface area contributed by atoms with Gasteiger partial charge in [-0.15, -0.1) is 0 Å². The number of hydrogen-bond acceptors (Lipinski definition) is 4. The molecule has 0 aromatic rings. The molecular formula is C15H26N2O5. The van der Waals surface area contributed by atoms with Crippen LogP contribution in [0.15, 0.2) is 0 Å². The quantitative estimate of drug-likeness (QED) is 0.724. The SMILES string of the molecule is CCOC(=O)CCC(C)NC(=O)N1CC(C)CC(C(=O)O)C1. The largest absolute Gasteiger partial charge is 0.481 e. The van der Waals surface area contributed by atoms with Crippen LogP contribution in [0.1, 0.15) is 40.0 Å². The third-order valence-electron chi connectivity index (χ3n) is 3.75. The summed E-state index contributed by atoms with van der Waals surface area (Å²) in [5, 5.41) is 11.9. The number of nitrogens with one attached hydrogen (secondary N) is 1. The average molecular weight is 314 g/mol. The maximum atomic E-state index is 12.2. The van der Waals surface area contributed by atoms with Crippen molar-refractivity contribution in [3.05, 3.63) is 0 Å². The fraction of sp³-hybridized carbons (Fsp3) is 0.800. The molecule has 0 aliphatic carbocycles. The molecule has 0 bridgehead atoms. The third-order valence-corrected chi connectivity index (χ3v) is 3.75. The zero-order valence-corrected chi connectivity index (χ0v) is 13.5. The van der Waals surface area contributed by atoms with Gasteiger partial charge in [-0.1, -0.05) is 6.92 Å². The number of nitrogens with zero attached hydrogens (tertiary/aromatic N) is 1. The number of rotatable bonds is 6. The fourth-order valence-corrected chi connectivity index (χ4v) is 2.64. The van der Waals surface area contributed by atoms with Gasteiger partial charge in [0.1, 0.15) is 0 Å². The first-order chi connectivity index (χ1) is 10.3. The van der Waals surface area contributed by atoms with Gasteiger partial charge in [-0.2, -0.15) is 0 Å². The third kappa shape index (κ3) is 5.91. The van der Waals surface area contributed by atoms with Crippen molar-refractivity contribution in [3.8, 4) is 0 Å². The van der Waals surface area contributed by atoms with Gasteiger partial charge < -0.3 is 20.1 Å². The van der Waals surface area contributed by atoms with E-state index >= 15 is 0 Å². The monoisotopic (exact) mass is 314 g/mol. The van der Waals surface area contributed by atoms with Gasteiger partial charge in [0, 0.05) is 25.6 Å². The van der Waals surface area contributed by atoms with Gasteiger partial charge in [-0.25, -0.2) is 4.79 Å². The Bertz CT molecular complexity index is 413. The van der Waals surface area contributed by atoms with Crippen LogP contribution in [-0.4, -0.2) is 53.7 Å². The zero-order chi connectivity index (χ0) is 16.7. The molecule has 3 unspecified atom stereocenters. The van der Waals surface area contributed by atoms with Crippen molar-refractivity contribution in [1.82, 2.24) is 10.2 Å². The summed E-state index contributed by atoms with van der Waals surface area (Å²) >= 11 is 0. The van der Waals surface area contributed by atoms with Crippen LogP contribution in [-0.2, 0) is 14.3 Å². The molecule has 0 radical (unpaired) electrons. The van der Waals surface area contributed by atoms with Crippen molar-refractivity contribution in [2.75, 3.05) is 19.7 Å². The first kappa shape index (κ1) is 18.3. The Kier molecular flexibility index (Phi) is 7.14. The van der Waals surface area contributed by atoms with Crippen LogP contribution in [0.2, 0.25) is 0 Å². The standard InChI is InChI=1S/C15H26N2O5/c1-4-22-13(18)6-5-11(3)16-15(21)17-8-10(2)7-12(9-17)14(19)20/h10-12H,4-9H2,1-3H3,(H,16,21)(H,19,20). The van der Waals surface area contributed by atoms with Crippen molar-refractivity contribution < 1.29 is 24.2 Å². The molecule has 1 aliphatic heterocycles. The number of carbonyl (C=O) groups is 3. The summed E-state index contributed by atoms with van der Waals surface area (Å²) in [6.45, 7) is 6.65. The summed E-state index contributed by atoms with van der Waals surface area (Å²) in [4.78, 5) is 36.2. The minimum absolute atomic E-state index is 0.162. The highest BCUT2D eigenvalue weighted by atomic mass is 16.5. The summed E-state index contributed by atoms with van der Waals surface area (Å²) in [7, 11) is 0. The van der Waals surface area contributed by atoms with Gasteiger partial charge in [0.2, 0.25) is 0 Å². The summed E-state index contributed by atoms with van der Waals surface area (Å²) in [6, 6.07) is -0.438. The van der Waals surface area contributed by atoms with Crippen LogP contribution in [0, 0.1) is 11.8 Å². The summed E-state index contributed by atoms with van der Waals surface area (Å²) in [5.74, 6) is -1.49. The molecule has 1 saturated heterocycles. The molecule has 1 rings (SSSR count). The van der Waals surface area contributed by atoms with Crippen molar-refractivity contribution in [3.63, 3.8) is 0 Å². The Morgan fingerprint density at radius 2 is 2.05 bits per heavy atom. The highest BCUT2D eigenvalue weighted by Crippen LogP contribution is 2.21. The minimum atomic E-state index is -0.861. The molecule has 1 aliphatic rings. The van der Waals surface area contributed by atoms with E-state index in [4.69, 9.17) is 9.84 Å². The molecule has 0 aromatic carbocycles. The van der Waals surface area contributed by atoms with E-state index in [0.29, 0.717) is 26.0 Å². The van der Waals surface area contributed by atoms with Crippen LogP contribution in [0.5, 0.6) is 0 Å². The van der Waals surface area contributed by atoms with E-state index in [0.717, 1.165) is 0 Å². The topological polar surface area (TPSA) is 95.9 Å². The molecule has 22 heavy (non-hydrogen) atoms. The summed E-state index contributed by atoms with van der Waals surface area (Å²) in [6.07, 6.45) is 1.34. The number of carbonyl (C=O) groups excluding carboxylic acids is 2. The van der Waals surface area contributed by atoms with Crippen LogP contribution in [0.4, 0.5) is 4.79 Å². The van der Waals surface area contributed by atoms with E-state index in [1.807, 2.05) is 13.8 Å². The van der Waals surface area contributed by atoms with E-state index in [1.54, 1.807) is 11.8 Å². The maximum absolute atomic E-state index is 12.2. The van der Waals surface area contributed by atoms with E-state index in [2.05, 4.69) is 5.32 Å². The van der Waals surface area contributed by atoms with Gasteiger partial charge in [0.25, 0.3) is 0 Å². The van der Waals surface area contributed by atoms with Gasteiger partial charge in [0.15, 0.2) is 0 Å². The predicted octanol–water partition coefficient (Wildman–Crippen LogP) is 1.47. The number of ether oxygens (including phenoxy) is 1. The minimum Gasteiger partial charge on any atom is -0.481 e. The number of carboxylic acid groups (broad SMARTS) is 1. The first-order valence-corrected chi connectivity index (χ1v) is 7.77. The summed E-state index contributed by atoms with van der Waals surface area (Å²) < 4.78 is 4.84. The Morgan fingerprint density at radius 3 is 2.64 bits per heavy atom. The number of amides is 2. The number of carboxylic acids is 1. The number of urea groups is 1. The van der Waals surface area contributed by atoms with Crippen molar-refractivity contribution in [2.45, 2.75) is 46.1 Å². The molecule has 0 spiro atoms. The Balaban J connectivity index is 2.43. The normalized spacial score (nSPS) is 22.8. The lowest BCUT2D eigenvalue weighted by Gasteiger charge is -2.35. The molecule has 0 saturated carbocycles. The number of piperidine rings is 1. The summed E-state index contributed by atoms with van der Waals surface area (Å²) in [5.41, 5.74) is 0. The molecule has 2 amide bonds. The van der Waals surface area contributed by atoms with E-state index < -0.39 is 11.9 Å². The molecule has 7 nitrogen and oxygen atoms in total. The Labute approximate surface area is 131 Å². The van der Waals surface area contributed by atoms with Crippen molar-refractivity contribution in [2.24, 2.45) is 11.8 Å². The molecule has 2 N–H and O–H groups in total. The molecule has 7 heteroatoms. The number of aliphatic carboxylic acids is 1. The molecule has 0 aromatic heterocycles. The number of likely N-dealkylation sites (tertiary alicyclic amines) is 1. The molecule has 1 fully saturated rings. The molecule has 126 valence electrons. The maximum Gasteiger partial charge on any atom is 0.317 e. The van der Waals surface area contributed by atoms with Gasteiger partial charge in [-0.3, -0.25) is 9.59 Å². The molecular weight excluding hydrogens is 288 g/mol. The van der Waals surface area contributed by atoms with E-state index in [-0.39, 0.29) is 36.9 Å². The van der Waals surface area contributed by atoms with Gasteiger partial charge >= 0.3 is 18.0 Å². The second-order valence-electron chi connectivity index (χ2n) is 5.98. The zero-order valence-electron chi connectivity index (χ0n) is 13.5. The van der Waals surface area contributed by atoms with Crippen LogP contribution in [0.25, 0.3) is 0 Å². The highest BCUT2D eigenvalue weighted by molar-refractivity contribution is 5.77. The lowest BCUT2D eigenvalue weighted by atomic mass is 9.91. The highest BCUT2D eigenvalue weighted by Gasteiger charge is 2.32. The van der Waals surface area contributed by atoms with E-state index in [9.17, 15) is 14.4 Å². The van der Waals surface area contributed by atoms with Crippen LogP contribution >= 0.6 is 0 Å². The predicted molar refractivity (Wildman–Crippen MR) is 80.3 cm³/mol. The first-order valence-electron chi connectivity index (χ1n) is 7.77. The fourth-order valence-electron chi connectivity index (χ4n) is 2.64. The second kappa shape index (κ2) is 8.60. The van der Waals surface area contributed by atoms with Crippen molar-refractivity contribution >= 4 is 18.0 Å². The number of hydrogen-bond donors (Lipinski definition) is 2. The second-order valence-corrected chi connectivity index (χ2v) is 5.98. The smallest absolute Gasteiger partial charge is 0.317 e. The molecule has 1 heterocycles. The van der Waals surface area contributed by atoms with E-state index in [1.165, 1.54) is 0 Å². The Morgan fingerprint density at radius 1 is 1.36 bits per heavy atom. The lowest BCUT2D eigenvalue weighted by Crippen LogP contribution is -2.51. The lowest BCUT2D eigenvalue weighted by molar-refractivity contribution is -0.144.